The summed E-state index contributed by atoms with van der Waals surface area (Å²) in [6, 6.07) is 2.82. The van der Waals surface area contributed by atoms with Gasteiger partial charge in [0, 0.05) is 5.02 Å². The number of halogens is 2. The van der Waals surface area contributed by atoms with E-state index in [9.17, 15) is 9.59 Å². The number of benzene rings is 1. The molecular weight excluding hydrogens is 287 g/mol. The predicted molar refractivity (Wildman–Crippen MR) is 75.8 cm³/mol. The van der Waals surface area contributed by atoms with E-state index in [0.717, 1.165) is 5.56 Å². The van der Waals surface area contributed by atoms with Crippen LogP contribution < -0.4 is 10.2 Å². The molecule has 1 heterocycles. The fourth-order valence-electron chi connectivity index (χ4n) is 2.03. The molecule has 4 nitrogen and oxygen atoms in total. The molecule has 1 N–H and O–H groups in total. The number of hydrogen-bond acceptors (Lipinski definition) is 2. The molecule has 0 aliphatic carbocycles. The molecule has 2 amide bonds. The van der Waals surface area contributed by atoms with E-state index in [1.54, 1.807) is 12.1 Å². The predicted octanol–water partition coefficient (Wildman–Crippen LogP) is 2.54. The molecule has 1 aromatic rings. The topological polar surface area (TPSA) is 49.4 Å². The van der Waals surface area contributed by atoms with Crippen molar-refractivity contribution >= 4 is 40.7 Å². The monoisotopic (exact) mass is 300 g/mol. The second kappa shape index (κ2) is 5.39. The quantitative estimate of drug-likeness (QED) is 0.912. The van der Waals surface area contributed by atoms with Crippen molar-refractivity contribution in [2.45, 2.75) is 26.3 Å². The van der Waals surface area contributed by atoms with Gasteiger partial charge in [-0.25, -0.2) is 0 Å². The van der Waals surface area contributed by atoms with Gasteiger partial charge in [-0.3, -0.25) is 14.5 Å². The van der Waals surface area contributed by atoms with Crippen molar-refractivity contribution in [1.29, 1.82) is 0 Å². The van der Waals surface area contributed by atoms with Gasteiger partial charge in [0.05, 0.1) is 10.7 Å². The van der Waals surface area contributed by atoms with E-state index in [0.29, 0.717) is 22.2 Å². The Kier molecular flexibility index (Phi) is 4.02. The van der Waals surface area contributed by atoms with Crippen LogP contribution in [0.2, 0.25) is 10.0 Å². The summed E-state index contributed by atoms with van der Waals surface area (Å²) in [7, 11) is 0. The molecule has 1 atom stereocenters. The molecule has 0 saturated carbocycles. The van der Waals surface area contributed by atoms with Crippen molar-refractivity contribution in [1.82, 2.24) is 5.32 Å². The molecule has 1 fully saturated rings. The van der Waals surface area contributed by atoms with Gasteiger partial charge in [-0.1, -0.05) is 30.1 Å². The lowest BCUT2D eigenvalue weighted by Gasteiger charge is -2.32. The molecule has 1 aliphatic rings. The molecule has 1 saturated heterocycles. The molecule has 19 heavy (non-hydrogen) atoms. The van der Waals surface area contributed by atoms with Crippen molar-refractivity contribution < 1.29 is 9.59 Å². The number of rotatable bonds is 2. The minimum Gasteiger partial charge on any atom is -0.343 e. The van der Waals surface area contributed by atoms with Gasteiger partial charge in [-0.15, -0.1) is 0 Å². The Morgan fingerprint density at radius 3 is 2.63 bits per heavy atom. The SMILES string of the molecule is CCC1NC(=O)CN(c2cc(Cl)c(C)cc2Cl)C1=O. The Balaban J connectivity index is 2.42. The molecule has 0 radical (unpaired) electrons. The Bertz CT molecular complexity index is 546. The molecular formula is C13H14Cl2N2O2. The minimum absolute atomic E-state index is 0.0333. The van der Waals surface area contributed by atoms with Crippen molar-refractivity contribution in [3.05, 3.63) is 27.7 Å². The van der Waals surface area contributed by atoms with Crippen LogP contribution in [0.4, 0.5) is 5.69 Å². The number of amides is 2. The number of hydrogen-bond donors (Lipinski definition) is 1. The molecule has 0 bridgehead atoms. The zero-order valence-corrected chi connectivity index (χ0v) is 12.2. The smallest absolute Gasteiger partial charge is 0.250 e. The molecule has 1 aromatic carbocycles. The van der Waals surface area contributed by atoms with Gasteiger partial charge >= 0.3 is 0 Å². The molecule has 1 aliphatic heterocycles. The van der Waals surface area contributed by atoms with Crippen molar-refractivity contribution in [3.8, 4) is 0 Å². The van der Waals surface area contributed by atoms with E-state index in [1.165, 1.54) is 4.90 Å². The molecule has 1 unspecified atom stereocenters. The maximum atomic E-state index is 12.3. The highest BCUT2D eigenvalue weighted by Crippen LogP contribution is 2.32. The minimum atomic E-state index is -0.502. The normalized spacial score (nSPS) is 19.6. The lowest BCUT2D eigenvalue weighted by Crippen LogP contribution is -2.58. The first kappa shape index (κ1) is 14.2. The van der Waals surface area contributed by atoms with E-state index in [-0.39, 0.29) is 18.4 Å². The van der Waals surface area contributed by atoms with Gasteiger partial charge in [0.25, 0.3) is 0 Å². The Hall–Kier alpha value is -1.26. The molecule has 0 aromatic heterocycles. The van der Waals surface area contributed by atoms with Crippen LogP contribution in [0, 0.1) is 6.92 Å². The third-order valence-corrected chi connectivity index (χ3v) is 3.84. The highest BCUT2D eigenvalue weighted by atomic mass is 35.5. The van der Waals surface area contributed by atoms with Crippen LogP contribution in [0.1, 0.15) is 18.9 Å². The summed E-state index contributed by atoms with van der Waals surface area (Å²) in [4.78, 5) is 25.3. The van der Waals surface area contributed by atoms with Crippen LogP contribution in [0.15, 0.2) is 12.1 Å². The third kappa shape index (κ3) is 2.69. The van der Waals surface area contributed by atoms with Gasteiger partial charge in [-0.05, 0) is 31.0 Å². The number of piperazine rings is 1. The number of carbonyl (C=O) groups excluding carboxylic acids is 2. The van der Waals surface area contributed by atoms with Gasteiger partial charge in [0.2, 0.25) is 11.8 Å². The number of nitrogens with zero attached hydrogens (tertiary/aromatic N) is 1. The lowest BCUT2D eigenvalue weighted by atomic mass is 10.1. The largest absolute Gasteiger partial charge is 0.343 e. The maximum absolute atomic E-state index is 12.3. The number of anilines is 1. The molecule has 2 rings (SSSR count). The average Bonchev–Trinajstić information content (AvgIpc) is 2.36. The van der Waals surface area contributed by atoms with E-state index < -0.39 is 6.04 Å². The fraction of sp³-hybridized carbons (Fsp3) is 0.385. The van der Waals surface area contributed by atoms with Crippen LogP contribution in [0.3, 0.4) is 0 Å². The molecule has 6 heteroatoms. The number of nitrogens with one attached hydrogen (secondary N) is 1. The first-order chi connectivity index (χ1) is 8.93. The van der Waals surface area contributed by atoms with Gasteiger partial charge in [0.1, 0.15) is 12.6 Å². The summed E-state index contributed by atoms with van der Waals surface area (Å²) >= 11 is 12.2. The van der Waals surface area contributed by atoms with Crippen LogP contribution in [0.25, 0.3) is 0 Å². The third-order valence-electron chi connectivity index (χ3n) is 3.13. The first-order valence-corrected chi connectivity index (χ1v) is 6.76. The average molecular weight is 301 g/mol. The fourth-order valence-corrected chi connectivity index (χ4v) is 2.51. The van der Waals surface area contributed by atoms with Crippen LogP contribution in [0.5, 0.6) is 0 Å². The second-order valence-electron chi connectivity index (χ2n) is 4.51. The van der Waals surface area contributed by atoms with E-state index >= 15 is 0 Å². The standard InChI is InChI=1S/C13H14Cl2N2O2/c1-3-10-13(19)17(6-12(18)16-10)11-5-8(14)7(2)4-9(11)15/h4-5,10H,3,6H2,1-2H3,(H,16,18). The Morgan fingerprint density at radius 2 is 2.00 bits per heavy atom. The van der Waals surface area contributed by atoms with E-state index in [1.807, 2.05) is 13.8 Å². The molecule has 102 valence electrons. The van der Waals surface area contributed by atoms with Gasteiger partial charge in [-0.2, -0.15) is 0 Å². The van der Waals surface area contributed by atoms with E-state index in [2.05, 4.69) is 5.32 Å². The van der Waals surface area contributed by atoms with E-state index in [4.69, 9.17) is 23.2 Å². The lowest BCUT2D eigenvalue weighted by molar-refractivity contribution is -0.131. The van der Waals surface area contributed by atoms with Crippen LogP contribution in [-0.2, 0) is 9.59 Å². The van der Waals surface area contributed by atoms with Gasteiger partial charge in [0.15, 0.2) is 0 Å². The Labute approximate surface area is 121 Å². The van der Waals surface area contributed by atoms with Crippen molar-refractivity contribution in [3.63, 3.8) is 0 Å². The van der Waals surface area contributed by atoms with Crippen LogP contribution in [-0.4, -0.2) is 24.4 Å². The Morgan fingerprint density at radius 1 is 1.32 bits per heavy atom. The zero-order valence-electron chi connectivity index (χ0n) is 10.7. The highest BCUT2D eigenvalue weighted by Gasteiger charge is 2.33. The maximum Gasteiger partial charge on any atom is 0.250 e. The summed E-state index contributed by atoms with van der Waals surface area (Å²) in [5.41, 5.74) is 1.31. The second-order valence-corrected chi connectivity index (χ2v) is 5.32. The molecule has 0 spiro atoms. The zero-order chi connectivity index (χ0) is 14.2. The summed E-state index contributed by atoms with van der Waals surface area (Å²) in [6.45, 7) is 3.64. The first-order valence-electron chi connectivity index (χ1n) is 6.00. The summed E-state index contributed by atoms with van der Waals surface area (Å²) in [5, 5.41) is 3.59. The summed E-state index contributed by atoms with van der Waals surface area (Å²) in [5.74, 6) is -0.358. The number of aryl methyl sites for hydroxylation is 1. The highest BCUT2D eigenvalue weighted by molar-refractivity contribution is 6.36. The summed E-state index contributed by atoms with van der Waals surface area (Å²) in [6.07, 6.45) is 0.540. The number of carbonyl (C=O) groups is 2. The van der Waals surface area contributed by atoms with Crippen molar-refractivity contribution in [2.75, 3.05) is 11.4 Å². The summed E-state index contributed by atoms with van der Waals surface area (Å²) < 4.78 is 0. The van der Waals surface area contributed by atoms with Crippen LogP contribution >= 0.6 is 23.2 Å². The van der Waals surface area contributed by atoms with Crippen molar-refractivity contribution in [2.24, 2.45) is 0 Å². The van der Waals surface area contributed by atoms with Gasteiger partial charge < -0.3 is 5.32 Å².